The first kappa shape index (κ1) is 19.6. The summed E-state index contributed by atoms with van der Waals surface area (Å²) in [6.45, 7) is 4.54. The third-order valence-corrected chi connectivity index (χ3v) is 3.96. The van der Waals surface area contributed by atoms with Crippen LogP contribution in [0.25, 0.3) is 0 Å². The van der Waals surface area contributed by atoms with Crippen LogP contribution in [0.4, 0.5) is 4.39 Å². The lowest BCUT2D eigenvalue weighted by atomic mass is 10.1. The predicted molar refractivity (Wildman–Crippen MR) is 97.9 cm³/mol. The van der Waals surface area contributed by atoms with Crippen molar-refractivity contribution in [3.05, 3.63) is 69.4 Å². The smallest absolute Gasteiger partial charge is 0.254 e. The SMILES string of the molecule is CCOCCOCc1cccc(CNC(=O)c2ccc(Br)cc2F)c1. The Morgan fingerprint density at radius 3 is 2.64 bits per heavy atom. The van der Waals surface area contributed by atoms with Crippen LogP contribution in [0.2, 0.25) is 0 Å². The minimum absolute atomic E-state index is 0.0265. The second-order valence-electron chi connectivity index (χ2n) is 5.38. The van der Waals surface area contributed by atoms with Crippen LogP contribution in [-0.4, -0.2) is 25.7 Å². The summed E-state index contributed by atoms with van der Waals surface area (Å²) < 4.78 is 25.1. The zero-order valence-corrected chi connectivity index (χ0v) is 15.6. The van der Waals surface area contributed by atoms with E-state index in [0.29, 0.717) is 37.4 Å². The Balaban J connectivity index is 1.86. The third-order valence-electron chi connectivity index (χ3n) is 3.47. The minimum Gasteiger partial charge on any atom is -0.379 e. The highest BCUT2D eigenvalue weighted by Gasteiger charge is 2.11. The highest BCUT2D eigenvalue weighted by atomic mass is 79.9. The molecule has 0 aliphatic carbocycles. The molecule has 1 N–H and O–H groups in total. The van der Waals surface area contributed by atoms with Crippen molar-refractivity contribution in [2.24, 2.45) is 0 Å². The molecule has 0 saturated heterocycles. The van der Waals surface area contributed by atoms with Crippen LogP contribution in [-0.2, 0) is 22.6 Å². The highest BCUT2D eigenvalue weighted by molar-refractivity contribution is 9.10. The van der Waals surface area contributed by atoms with Crippen LogP contribution >= 0.6 is 15.9 Å². The molecular formula is C19H21BrFNO3. The van der Waals surface area contributed by atoms with Crippen molar-refractivity contribution in [3.8, 4) is 0 Å². The van der Waals surface area contributed by atoms with Crippen LogP contribution in [0.1, 0.15) is 28.4 Å². The van der Waals surface area contributed by atoms with Crippen molar-refractivity contribution in [1.29, 1.82) is 0 Å². The standard InChI is InChI=1S/C19H21BrFNO3/c1-2-24-8-9-25-13-15-5-3-4-14(10-15)12-22-19(23)17-7-6-16(20)11-18(17)21/h3-7,10-11H,2,8-9,12-13H2,1H3,(H,22,23). The molecule has 4 nitrogen and oxygen atoms in total. The molecule has 0 saturated carbocycles. The third kappa shape index (κ3) is 6.57. The van der Waals surface area contributed by atoms with Gasteiger partial charge in [-0.2, -0.15) is 0 Å². The number of carbonyl (C=O) groups excluding carboxylic acids is 1. The molecule has 2 rings (SSSR count). The fourth-order valence-corrected chi connectivity index (χ4v) is 2.57. The maximum atomic E-state index is 13.8. The molecule has 25 heavy (non-hydrogen) atoms. The van der Waals surface area contributed by atoms with E-state index in [0.717, 1.165) is 11.1 Å². The van der Waals surface area contributed by atoms with Crippen LogP contribution in [0, 0.1) is 5.82 Å². The van der Waals surface area contributed by atoms with Crippen LogP contribution in [0.5, 0.6) is 0 Å². The van der Waals surface area contributed by atoms with E-state index < -0.39 is 11.7 Å². The van der Waals surface area contributed by atoms with Gasteiger partial charge in [-0.25, -0.2) is 4.39 Å². The van der Waals surface area contributed by atoms with Crippen molar-refractivity contribution in [1.82, 2.24) is 5.32 Å². The number of hydrogen-bond acceptors (Lipinski definition) is 3. The topological polar surface area (TPSA) is 47.6 Å². The number of carbonyl (C=O) groups is 1. The Labute approximate surface area is 155 Å². The summed E-state index contributed by atoms with van der Waals surface area (Å²) in [5.74, 6) is -0.994. The Hall–Kier alpha value is -1.76. The lowest BCUT2D eigenvalue weighted by Crippen LogP contribution is -2.23. The minimum atomic E-state index is -0.552. The largest absolute Gasteiger partial charge is 0.379 e. The van der Waals surface area contributed by atoms with Gasteiger partial charge in [-0.15, -0.1) is 0 Å². The molecule has 0 spiro atoms. The van der Waals surface area contributed by atoms with Gasteiger partial charge in [0.05, 0.1) is 25.4 Å². The molecule has 0 bridgehead atoms. The van der Waals surface area contributed by atoms with Crippen molar-refractivity contribution in [2.45, 2.75) is 20.1 Å². The van der Waals surface area contributed by atoms with Gasteiger partial charge in [-0.3, -0.25) is 4.79 Å². The van der Waals surface area contributed by atoms with E-state index in [1.807, 2.05) is 31.2 Å². The summed E-state index contributed by atoms with van der Waals surface area (Å²) in [6, 6.07) is 12.1. The van der Waals surface area contributed by atoms with Gasteiger partial charge in [0.2, 0.25) is 0 Å². The summed E-state index contributed by atoms with van der Waals surface area (Å²) in [5.41, 5.74) is 1.97. The van der Waals surface area contributed by atoms with Crippen LogP contribution in [0.15, 0.2) is 46.9 Å². The molecule has 0 heterocycles. The molecule has 0 aliphatic rings. The zero-order chi connectivity index (χ0) is 18.1. The van der Waals surface area contributed by atoms with E-state index in [9.17, 15) is 9.18 Å². The van der Waals surface area contributed by atoms with E-state index in [4.69, 9.17) is 9.47 Å². The Morgan fingerprint density at radius 2 is 1.88 bits per heavy atom. The van der Waals surface area contributed by atoms with Gasteiger partial charge in [0.15, 0.2) is 0 Å². The zero-order valence-electron chi connectivity index (χ0n) is 14.1. The second kappa shape index (κ2) is 10.3. The number of ether oxygens (including phenoxy) is 2. The fraction of sp³-hybridized carbons (Fsp3) is 0.316. The number of rotatable bonds is 9. The summed E-state index contributed by atoms with van der Waals surface area (Å²) in [4.78, 5) is 12.1. The maximum absolute atomic E-state index is 13.8. The number of halogens is 2. The summed E-state index contributed by atoms with van der Waals surface area (Å²) >= 11 is 3.17. The number of amides is 1. The lowest BCUT2D eigenvalue weighted by Gasteiger charge is -2.09. The molecule has 0 unspecified atom stereocenters. The van der Waals surface area contributed by atoms with E-state index in [1.54, 1.807) is 6.07 Å². The molecule has 0 aromatic heterocycles. The maximum Gasteiger partial charge on any atom is 0.254 e. The van der Waals surface area contributed by atoms with Crippen molar-refractivity contribution in [3.63, 3.8) is 0 Å². The predicted octanol–water partition coefficient (Wildman–Crippen LogP) is 4.07. The van der Waals surface area contributed by atoms with Gasteiger partial charge in [0.1, 0.15) is 5.82 Å². The first-order chi connectivity index (χ1) is 12.1. The molecule has 0 atom stereocenters. The molecular weight excluding hydrogens is 389 g/mol. The number of nitrogens with one attached hydrogen (secondary N) is 1. The molecule has 6 heteroatoms. The van der Waals surface area contributed by atoms with E-state index in [-0.39, 0.29) is 5.56 Å². The highest BCUT2D eigenvalue weighted by Crippen LogP contribution is 2.15. The van der Waals surface area contributed by atoms with Gasteiger partial charge in [0, 0.05) is 17.6 Å². The molecule has 2 aromatic carbocycles. The van der Waals surface area contributed by atoms with Gasteiger partial charge in [-0.05, 0) is 36.2 Å². The first-order valence-corrected chi connectivity index (χ1v) is 8.86. The van der Waals surface area contributed by atoms with Crippen molar-refractivity contribution in [2.75, 3.05) is 19.8 Å². The molecule has 0 fully saturated rings. The average molecular weight is 410 g/mol. The van der Waals surface area contributed by atoms with Gasteiger partial charge < -0.3 is 14.8 Å². The quantitative estimate of drug-likeness (QED) is 0.634. The Kier molecular flexibility index (Phi) is 8.04. The molecule has 0 aliphatic heterocycles. The van der Waals surface area contributed by atoms with Crippen molar-refractivity contribution < 1.29 is 18.7 Å². The van der Waals surface area contributed by atoms with Crippen molar-refractivity contribution >= 4 is 21.8 Å². The number of hydrogen-bond donors (Lipinski definition) is 1. The van der Waals surface area contributed by atoms with Crippen LogP contribution < -0.4 is 5.32 Å². The van der Waals surface area contributed by atoms with Gasteiger partial charge in [0.25, 0.3) is 5.91 Å². The summed E-state index contributed by atoms with van der Waals surface area (Å²) in [5, 5.41) is 2.73. The van der Waals surface area contributed by atoms with Crippen LogP contribution in [0.3, 0.4) is 0 Å². The monoisotopic (exact) mass is 409 g/mol. The summed E-state index contributed by atoms with van der Waals surface area (Å²) in [6.07, 6.45) is 0. The fourth-order valence-electron chi connectivity index (χ4n) is 2.23. The Bertz CT molecular complexity index is 709. The molecule has 134 valence electrons. The summed E-state index contributed by atoms with van der Waals surface area (Å²) in [7, 11) is 0. The van der Waals surface area contributed by atoms with E-state index in [2.05, 4.69) is 21.2 Å². The van der Waals surface area contributed by atoms with E-state index in [1.165, 1.54) is 12.1 Å². The van der Waals surface area contributed by atoms with E-state index >= 15 is 0 Å². The molecule has 2 aromatic rings. The normalized spacial score (nSPS) is 10.7. The van der Waals surface area contributed by atoms with Gasteiger partial charge >= 0.3 is 0 Å². The average Bonchev–Trinajstić information content (AvgIpc) is 2.60. The number of benzene rings is 2. The molecule has 0 radical (unpaired) electrons. The lowest BCUT2D eigenvalue weighted by molar-refractivity contribution is 0.0453. The Morgan fingerprint density at radius 1 is 1.12 bits per heavy atom. The second-order valence-corrected chi connectivity index (χ2v) is 6.29. The molecule has 1 amide bonds. The van der Waals surface area contributed by atoms with Gasteiger partial charge in [-0.1, -0.05) is 40.2 Å². The first-order valence-electron chi connectivity index (χ1n) is 8.06.